The molecule has 3 rings (SSSR count). The Bertz CT molecular complexity index is 1260. The van der Waals surface area contributed by atoms with Gasteiger partial charge in [-0.2, -0.15) is 0 Å². The number of aromatic nitrogens is 1. The number of carbonyl (C=O) groups excluding carboxylic acids is 2. The molecule has 2 amide bonds. The number of amides is 2. The third-order valence-electron chi connectivity index (χ3n) is 5.24. The van der Waals surface area contributed by atoms with Crippen molar-refractivity contribution in [3.05, 3.63) is 59.2 Å². The summed E-state index contributed by atoms with van der Waals surface area (Å²) < 4.78 is 28.8. The van der Waals surface area contributed by atoms with Crippen LogP contribution >= 0.6 is 15.9 Å². The van der Waals surface area contributed by atoms with E-state index in [1.807, 2.05) is 27.7 Å². The van der Waals surface area contributed by atoms with Crippen LogP contribution in [0.3, 0.4) is 0 Å². The minimum absolute atomic E-state index is 0.0114. The van der Waals surface area contributed by atoms with Gasteiger partial charge >= 0.3 is 0 Å². The fourth-order valence-corrected chi connectivity index (χ4v) is 5.60. The zero-order valence-corrected chi connectivity index (χ0v) is 21.5. The van der Waals surface area contributed by atoms with E-state index < -0.39 is 21.5 Å². The third-order valence-corrected chi connectivity index (χ3v) is 7.41. The minimum Gasteiger partial charge on any atom is -0.337 e. The molecule has 0 fully saturated rings. The summed E-state index contributed by atoms with van der Waals surface area (Å²) >= 11 is 3.32. The monoisotopic (exact) mass is 533 g/mol. The van der Waals surface area contributed by atoms with Crippen molar-refractivity contribution in [1.82, 2.24) is 9.47 Å². The first-order chi connectivity index (χ1) is 15.5. The topological polar surface area (TPSA) is 88.5 Å². The molecule has 0 radical (unpaired) electrons. The molecule has 0 saturated carbocycles. The van der Waals surface area contributed by atoms with Gasteiger partial charge in [0.25, 0.3) is 0 Å². The number of para-hydroxylation sites is 1. The summed E-state index contributed by atoms with van der Waals surface area (Å²) in [6.07, 6.45) is 1.46. The third kappa shape index (κ3) is 5.83. The van der Waals surface area contributed by atoms with Crippen molar-refractivity contribution in [3.63, 3.8) is 0 Å². The van der Waals surface area contributed by atoms with E-state index in [9.17, 15) is 18.0 Å². The first-order valence-electron chi connectivity index (χ1n) is 10.7. The summed E-state index contributed by atoms with van der Waals surface area (Å²) in [7, 11) is -3.95. The number of halogens is 1. The molecule has 0 aliphatic rings. The van der Waals surface area contributed by atoms with Gasteiger partial charge in [0.05, 0.1) is 4.90 Å². The predicted molar refractivity (Wildman–Crippen MR) is 134 cm³/mol. The van der Waals surface area contributed by atoms with E-state index in [1.54, 1.807) is 58.0 Å². The molecular formula is C24H28BrN3O4S. The van der Waals surface area contributed by atoms with Crippen LogP contribution < -0.4 is 5.32 Å². The normalized spacial score (nSPS) is 11.8. The first-order valence-corrected chi connectivity index (χ1v) is 13.1. The Hall–Kier alpha value is -2.65. The standard InChI is InChI=1S/C24H28BrN3O4S/c1-16(2)28(17(3)4)24(30)14-27-13-22(20-7-5-6-8-21(20)27)33(31,32)15-23(29)26-19-11-9-18(25)10-12-19/h5-13,16-17H,14-15H2,1-4H3,(H,26,29). The number of nitrogens with one attached hydrogen (secondary N) is 1. The molecule has 0 aliphatic heterocycles. The zero-order valence-electron chi connectivity index (χ0n) is 19.1. The molecule has 0 atom stereocenters. The second kappa shape index (κ2) is 10.1. The van der Waals surface area contributed by atoms with Gasteiger partial charge < -0.3 is 14.8 Å². The average molecular weight is 534 g/mol. The Morgan fingerprint density at radius 1 is 1.00 bits per heavy atom. The van der Waals surface area contributed by atoms with Crippen LogP contribution in [0.1, 0.15) is 27.7 Å². The lowest BCUT2D eigenvalue weighted by molar-refractivity contribution is -0.135. The molecule has 176 valence electrons. The van der Waals surface area contributed by atoms with E-state index in [0.717, 1.165) is 4.47 Å². The van der Waals surface area contributed by atoms with Crippen molar-refractivity contribution in [2.45, 2.75) is 51.2 Å². The smallest absolute Gasteiger partial charge is 0.242 e. The summed E-state index contributed by atoms with van der Waals surface area (Å²) in [5.74, 6) is -1.43. The van der Waals surface area contributed by atoms with Crippen LogP contribution in [0.25, 0.3) is 10.9 Å². The number of nitrogens with zero attached hydrogens (tertiary/aromatic N) is 2. The molecule has 33 heavy (non-hydrogen) atoms. The zero-order chi connectivity index (χ0) is 24.3. The van der Waals surface area contributed by atoms with E-state index in [1.165, 1.54) is 6.20 Å². The lowest BCUT2D eigenvalue weighted by atomic mass is 10.2. The van der Waals surface area contributed by atoms with Crippen molar-refractivity contribution >= 4 is 54.2 Å². The van der Waals surface area contributed by atoms with Crippen molar-refractivity contribution in [1.29, 1.82) is 0 Å². The van der Waals surface area contributed by atoms with Gasteiger partial charge in [-0.25, -0.2) is 8.42 Å². The molecular weight excluding hydrogens is 506 g/mol. The summed E-state index contributed by atoms with van der Waals surface area (Å²) in [4.78, 5) is 27.3. The average Bonchev–Trinajstić information content (AvgIpc) is 3.08. The maximum Gasteiger partial charge on any atom is 0.242 e. The van der Waals surface area contributed by atoms with Gasteiger partial charge in [0.1, 0.15) is 12.3 Å². The highest BCUT2D eigenvalue weighted by molar-refractivity contribution is 9.10. The predicted octanol–water partition coefficient (Wildman–Crippen LogP) is 4.46. The molecule has 0 saturated heterocycles. The summed E-state index contributed by atoms with van der Waals surface area (Å²) in [6, 6.07) is 13.9. The van der Waals surface area contributed by atoms with Crippen LogP contribution in [0.15, 0.2) is 64.1 Å². The quantitative estimate of drug-likeness (QED) is 0.462. The van der Waals surface area contributed by atoms with Crippen LogP contribution in [0.4, 0.5) is 5.69 Å². The van der Waals surface area contributed by atoms with Crippen LogP contribution in [-0.4, -0.2) is 47.5 Å². The number of carbonyl (C=O) groups is 2. The SMILES string of the molecule is CC(C)N(C(=O)Cn1cc(S(=O)(=O)CC(=O)Nc2ccc(Br)cc2)c2ccccc21)C(C)C. The van der Waals surface area contributed by atoms with Gasteiger partial charge in [-0.1, -0.05) is 34.1 Å². The van der Waals surface area contributed by atoms with E-state index in [0.29, 0.717) is 16.6 Å². The van der Waals surface area contributed by atoms with Crippen molar-refractivity contribution in [2.75, 3.05) is 11.1 Å². The summed E-state index contributed by atoms with van der Waals surface area (Å²) in [5, 5.41) is 3.10. The molecule has 7 nitrogen and oxygen atoms in total. The van der Waals surface area contributed by atoms with Crippen molar-refractivity contribution in [3.8, 4) is 0 Å². The van der Waals surface area contributed by atoms with Gasteiger partial charge in [0, 0.05) is 39.3 Å². The number of anilines is 1. The fourth-order valence-electron chi connectivity index (χ4n) is 3.97. The van der Waals surface area contributed by atoms with Gasteiger partial charge in [0.15, 0.2) is 9.84 Å². The molecule has 0 unspecified atom stereocenters. The van der Waals surface area contributed by atoms with Crippen molar-refractivity contribution in [2.24, 2.45) is 0 Å². The molecule has 0 aliphatic carbocycles. The Kier molecular flexibility index (Phi) is 7.64. The molecule has 3 aromatic rings. The second-order valence-electron chi connectivity index (χ2n) is 8.44. The van der Waals surface area contributed by atoms with E-state index >= 15 is 0 Å². The van der Waals surface area contributed by atoms with Crippen molar-refractivity contribution < 1.29 is 18.0 Å². The Morgan fingerprint density at radius 2 is 1.61 bits per heavy atom. The molecule has 1 heterocycles. The number of benzene rings is 2. The Balaban J connectivity index is 1.89. The molecule has 0 bridgehead atoms. The maximum absolute atomic E-state index is 13.2. The number of hydrogen-bond acceptors (Lipinski definition) is 4. The van der Waals surface area contributed by atoms with Gasteiger partial charge in [-0.15, -0.1) is 0 Å². The van der Waals surface area contributed by atoms with E-state index in [2.05, 4.69) is 21.2 Å². The maximum atomic E-state index is 13.2. The van der Waals surface area contributed by atoms with Crippen LogP contribution in [0.5, 0.6) is 0 Å². The highest BCUT2D eigenvalue weighted by Crippen LogP contribution is 2.27. The molecule has 9 heteroatoms. The summed E-state index contributed by atoms with van der Waals surface area (Å²) in [5.41, 5.74) is 1.14. The van der Waals surface area contributed by atoms with Crippen LogP contribution in [0, 0.1) is 0 Å². The van der Waals surface area contributed by atoms with E-state index in [4.69, 9.17) is 0 Å². The minimum atomic E-state index is -3.95. The highest BCUT2D eigenvalue weighted by atomic mass is 79.9. The lowest BCUT2D eigenvalue weighted by Gasteiger charge is -2.31. The van der Waals surface area contributed by atoms with Crippen LogP contribution in [0.2, 0.25) is 0 Å². The molecule has 0 spiro atoms. The highest BCUT2D eigenvalue weighted by Gasteiger charge is 2.26. The fraction of sp³-hybridized carbons (Fsp3) is 0.333. The Morgan fingerprint density at radius 3 is 2.21 bits per heavy atom. The Labute approximate surface area is 202 Å². The summed E-state index contributed by atoms with van der Waals surface area (Å²) in [6.45, 7) is 7.81. The number of rotatable bonds is 8. The van der Waals surface area contributed by atoms with Gasteiger partial charge in [-0.05, 0) is 58.0 Å². The second-order valence-corrected chi connectivity index (χ2v) is 11.3. The van der Waals surface area contributed by atoms with Crippen LogP contribution in [-0.2, 0) is 26.0 Å². The molecule has 2 aromatic carbocycles. The van der Waals surface area contributed by atoms with Gasteiger partial charge in [0.2, 0.25) is 11.8 Å². The lowest BCUT2D eigenvalue weighted by Crippen LogP contribution is -2.43. The number of fused-ring (bicyclic) bond motifs is 1. The molecule has 1 aromatic heterocycles. The number of hydrogen-bond donors (Lipinski definition) is 1. The molecule has 1 N–H and O–H groups in total. The number of sulfone groups is 1. The largest absolute Gasteiger partial charge is 0.337 e. The van der Waals surface area contributed by atoms with E-state index in [-0.39, 0.29) is 29.4 Å². The van der Waals surface area contributed by atoms with Gasteiger partial charge in [-0.3, -0.25) is 9.59 Å². The first kappa shape index (κ1) is 25.0.